The molecule has 0 aliphatic heterocycles. The zero-order valence-electron chi connectivity index (χ0n) is 6.72. The fourth-order valence-electron chi connectivity index (χ4n) is 0.313. The van der Waals surface area contributed by atoms with Gasteiger partial charge in [0.25, 0.3) is 10.1 Å². The Morgan fingerprint density at radius 2 is 2.00 bits per heavy atom. The van der Waals surface area contributed by atoms with Crippen molar-refractivity contribution in [2.75, 3.05) is 0 Å². The summed E-state index contributed by atoms with van der Waals surface area (Å²) in [5.41, 5.74) is 0. The van der Waals surface area contributed by atoms with Crippen LogP contribution in [-0.2, 0) is 14.9 Å². The summed E-state index contributed by atoms with van der Waals surface area (Å²) in [5.74, 6) is -1.50. The summed E-state index contributed by atoms with van der Waals surface area (Å²) in [4.78, 5) is 9.76. The second-order valence-corrected chi connectivity index (χ2v) is 3.67. The third kappa shape index (κ3) is 6.81. The minimum Gasteiger partial charge on any atom is -0.545 e. The quantitative estimate of drug-likeness (QED) is 0.283. The molecule has 0 fully saturated rings. The molecular weight excluding hydrogens is 195 g/mol. The number of carboxylic acid groups (broad SMARTS) is 1. The van der Waals surface area contributed by atoms with E-state index < -0.39 is 21.3 Å². The molecule has 0 heterocycles. The number of hydrogen-bond donors (Lipinski definition) is 1. The van der Waals surface area contributed by atoms with Crippen molar-refractivity contribution in [3.05, 3.63) is 12.2 Å². The zero-order chi connectivity index (χ0) is 9.07. The monoisotopic (exact) mass is 202 g/mol. The van der Waals surface area contributed by atoms with E-state index in [0.29, 0.717) is 6.08 Å². The van der Waals surface area contributed by atoms with E-state index in [1.165, 1.54) is 0 Å². The molecule has 1 atom stereocenters. The first-order chi connectivity index (χ1) is 4.84. The number of carbonyl (C=O) groups is 1. The van der Waals surface area contributed by atoms with Crippen molar-refractivity contribution in [3.63, 3.8) is 0 Å². The molecule has 0 radical (unpaired) electrons. The van der Waals surface area contributed by atoms with Crippen LogP contribution < -0.4 is 34.7 Å². The molecule has 0 aliphatic rings. The maximum atomic E-state index is 10.2. The minimum atomic E-state index is -4.18. The molecule has 0 rings (SSSR count). The van der Waals surface area contributed by atoms with E-state index in [4.69, 9.17) is 4.55 Å². The Kier molecular flexibility index (Phi) is 6.97. The molecule has 0 saturated heterocycles. The Balaban J connectivity index is 0. The van der Waals surface area contributed by atoms with Gasteiger partial charge in [-0.05, 0) is 13.0 Å². The number of hydrogen-bond acceptors (Lipinski definition) is 4. The minimum absolute atomic E-state index is 0. The summed E-state index contributed by atoms with van der Waals surface area (Å²) in [6.07, 6.45) is 1.38. The van der Waals surface area contributed by atoms with Gasteiger partial charge in [0.2, 0.25) is 0 Å². The molecule has 0 spiro atoms. The van der Waals surface area contributed by atoms with Gasteiger partial charge in [-0.1, -0.05) is 6.08 Å². The molecule has 5 nitrogen and oxygen atoms in total. The van der Waals surface area contributed by atoms with Crippen LogP contribution in [0.5, 0.6) is 0 Å². The molecule has 0 aromatic rings. The van der Waals surface area contributed by atoms with Gasteiger partial charge >= 0.3 is 29.6 Å². The third-order valence-electron chi connectivity index (χ3n) is 0.973. The topological polar surface area (TPSA) is 94.5 Å². The first-order valence-corrected chi connectivity index (χ1v) is 4.20. The molecular formula is C5H7NaO5S. The molecule has 7 heteroatoms. The van der Waals surface area contributed by atoms with Crippen LogP contribution in [0.15, 0.2) is 12.2 Å². The molecule has 0 amide bonds. The first-order valence-electron chi connectivity index (χ1n) is 2.69. The number of carbonyl (C=O) groups excluding carboxylic acids is 1. The van der Waals surface area contributed by atoms with Crippen molar-refractivity contribution >= 4 is 16.1 Å². The summed E-state index contributed by atoms with van der Waals surface area (Å²) in [5, 5.41) is 8.53. The standard InChI is InChI=1S/C5H8O5S.Na/c1-4(11(8,9)10)2-3-5(6)7;/h2-4H,1H3,(H,6,7)(H,8,9,10);/q;+1/p-1. The Labute approximate surface area is 92.5 Å². The maximum Gasteiger partial charge on any atom is 1.00 e. The summed E-state index contributed by atoms with van der Waals surface area (Å²) < 4.78 is 28.8. The maximum absolute atomic E-state index is 10.2. The van der Waals surface area contributed by atoms with Crippen LogP contribution in [0.2, 0.25) is 0 Å². The van der Waals surface area contributed by atoms with Crippen LogP contribution >= 0.6 is 0 Å². The third-order valence-corrected chi connectivity index (χ3v) is 2.07. The SMILES string of the molecule is CC(C=CC(=O)[O-])S(=O)(=O)O.[Na+]. The van der Waals surface area contributed by atoms with Gasteiger partial charge in [-0.25, -0.2) is 0 Å². The normalized spacial score (nSPS) is 13.8. The van der Waals surface area contributed by atoms with Crippen LogP contribution in [-0.4, -0.2) is 24.2 Å². The smallest absolute Gasteiger partial charge is 0.545 e. The van der Waals surface area contributed by atoms with E-state index in [9.17, 15) is 18.3 Å². The van der Waals surface area contributed by atoms with Crippen LogP contribution in [0.1, 0.15) is 6.92 Å². The van der Waals surface area contributed by atoms with Crippen molar-refractivity contribution < 1.29 is 52.4 Å². The molecule has 64 valence electrons. The van der Waals surface area contributed by atoms with Crippen molar-refractivity contribution in [2.45, 2.75) is 12.2 Å². The van der Waals surface area contributed by atoms with Crippen LogP contribution in [0, 0.1) is 0 Å². The van der Waals surface area contributed by atoms with Crippen LogP contribution in [0.3, 0.4) is 0 Å². The fraction of sp³-hybridized carbons (Fsp3) is 0.400. The number of carboxylic acids is 1. The van der Waals surface area contributed by atoms with Gasteiger partial charge in [-0.3, -0.25) is 4.55 Å². The van der Waals surface area contributed by atoms with Gasteiger partial charge in [-0.2, -0.15) is 8.42 Å². The predicted molar refractivity (Wildman–Crippen MR) is 35.2 cm³/mol. The second-order valence-electron chi connectivity index (χ2n) is 1.90. The van der Waals surface area contributed by atoms with Gasteiger partial charge in [0, 0.05) is 0 Å². The second kappa shape index (κ2) is 5.71. The van der Waals surface area contributed by atoms with E-state index in [-0.39, 0.29) is 29.6 Å². The average molecular weight is 202 g/mol. The fourth-order valence-corrected chi connectivity index (χ4v) is 0.591. The van der Waals surface area contributed by atoms with Gasteiger partial charge in [0.1, 0.15) is 5.25 Å². The molecule has 0 aromatic carbocycles. The van der Waals surface area contributed by atoms with Crippen molar-refractivity contribution in [2.24, 2.45) is 0 Å². The predicted octanol–water partition coefficient (Wildman–Crippen LogP) is -4.43. The number of aliphatic carboxylic acids is 1. The van der Waals surface area contributed by atoms with Gasteiger partial charge in [0.05, 0.1) is 5.97 Å². The van der Waals surface area contributed by atoms with Crippen molar-refractivity contribution in [3.8, 4) is 0 Å². The van der Waals surface area contributed by atoms with Crippen molar-refractivity contribution in [1.82, 2.24) is 0 Å². The first kappa shape index (κ1) is 14.6. The van der Waals surface area contributed by atoms with Gasteiger partial charge in [0.15, 0.2) is 0 Å². The van der Waals surface area contributed by atoms with E-state index in [1.54, 1.807) is 0 Å². The molecule has 1 unspecified atom stereocenters. The Morgan fingerprint density at radius 1 is 1.58 bits per heavy atom. The van der Waals surface area contributed by atoms with Gasteiger partial charge < -0.3 is 9.90 Å². The molecule has 0 saturated carbocycles. The summed E-state index contributed by atoms with van der Waals surface area (Å²) in [6, 6.07) is 0. The summed E-state index contributed by atoms with van der Waals surface area (Å²) in [6.45, 7) is 1.15. The Hall–Kier alpha value is 0.120. The average Bonchev–Trinajstić information content (AvgIpc) is 1.80. The van der Waals surface area contributed by atoms with E-state index in [0.717, 1.165) is 13.0 Å². The molecule has 0 bridgehead atoms. The van der Waals surface area contributed by atoms with Crippen molar-refractivity contribution in [1.29, 1.82) is 0 Å². The molecule has 0 aliphatic carbocycles. The summed E-state index contributed by atoms with van der Waals surface area (Å²) in [7, 11) is -4.18. The van der Waals surface area contributed by atoms with Crippen LogP contribution in [0.4, 0.5) is 0 Å². The Morgan fingerprint density at radius 3 is 2.25 bits per heavy atom. The van der Waals surface area contributed by atoms with E-state index >= 15 is 0 Å². The zero-order valence-corrected chi connectivity index (χ0v) is 9.54. The molecule has 0 aromatic heterocycles. The van der Waals surface area contributed by atoms with Gasteiger partial charge in [-0.15, -0.1) is 0 Å². The molecule has 1 N–H and O–H groups in total. The summed E-state index contributed by atoms with van der Waals surface area (Å²) >= 11 is 0. The molecule has 12 heavy (non-hydrogen) atoms. The largest absolute Gasteiger partial charge is 1.00 e. The van der Waals surface area contributed by atoms with E-state index in [1.807, 2.05) is 0 Å². The Bertz CT molecular complexity index is 268. The van der Waals surface area contributed by atoms with E-state index in [2.05, 4.69) is 0 Å². The van der Waals surface area contributed by atoms with Crippen LogP contribution in [0.25, 0.3) is 0 Å². The number of rotatable bonds is 3.